The fraction of sp³-hybridized carbons (Fsp3) is 0.462. The Morgan fingerprint density at radius 2 is 1.17 bits per heavy atom. The monoisotopic (exact) mass is 1030 g/mol. The number of nitrogens with zero attached hydrogens (tertiary/aromatic N) is 4. The number of rotatable bonds is 11. The van der Waals surface area contributed by atoms with E-state index in [9.17, 15) is 19.2 Å². The van der Waals surface area contributed by atoms with Crippen LogP contribution in [-0.2, 0) is 45.0 Å². The number of fused-ring (bicyclic) bond motifs is 4. The molecule has 6 aromatic rings. The molecule has 8 rings (SSSR count). The van der Waals surface area contributed by atoms with Crippen LogP contribution in [0.25, 0.3) is 41.6 Å². The summed E-state index contributed by atoms with van der Waals surface area (Å²) in [5.74, 6) is -0.286. The van der Waals surface area contributed by atoms with Crippen molar-refractivity contribution in [3.05, 3.63) is 82.1 Å². The van der Waals surface area contributed by atoms with Crippen molar-refractivity contribution >= 4 is 99.8 Å². The first kappa shape index (κ1) is 54.1. The standard InChI is InChI=1S/C26H34N4O3S2.C22H23N3O3S2.C4H11N/c1-6-16(2)27-13-11-21(31)29-24-22(23-28-18-9-7-8-10-19(18)34-23)17-12-14-30(15-20(17)35-24)25(32)33-26(3,4)5;1-5-17(26)24-20-18(19-23-14-8-6-7-9-15(14)29-19)13-10-11-25(12-16(13)30-20)21(27)28-22(2,3)4;1-3-4(2)5/h7-10,16,27H,6,11-15H2,1-5H3,(H,29,31);5-9H,1,10-12H2,2-4H3,(H,24,26);4H,3,5H2,1-2H3/t16-;;4-/m0.0/s1. The molecule has 5 N–H and O–H groups in total. The summed E-state index contributed by atoms with van der Waals surface area (Å²) >= 11 is 6.27. The SMILES string of the molecule is C=CC(=O)Nc1sc2c(c1-c1nc3ccccc3s1)CCN(C(=O)OC(C)(C)C)C2.CC[C@H](C)N.CC[C@H](C)NCCC(=O)Nc1sc2c(c1-c1nc3ccccc3s1)CCN(C(=O)OC(C)(C)C)C2. The van der Waals surface area contributed by atoms with Gasteiger partial charge >= 0.3 is 12.2 Å². The molecule has 4 aromatic heterocycles. The number of nitrogens with one attached hydrogen (secondary N) is 3. The molecule has 2 aromatic carbocycles. The molecular formula is C52H68N8O6S4. The van der Waals surface area contributed by atoms with Crippen LogP contribution in [0.5, 0.6) is 0 Å². The zero-order chi connectivity index (χ0) is 50.9. The van der Waals surface area contributed by atoms with E-state index in [1.165, 1.54) is 23.0 Å². The minimum atomic E-state index is -0.540. The molecule has 6 heterocycles. The maximum atomic E-state index is 12.8. The number of hydrogen-bond acceptors (Lipinski definition) is 14. The zero-order valence-corrected chi connectivity index (χ0v) is 45.3. The highest BCUT2D eigenvalue weighted by molar-refractivity contribution is 7.23. The number of para-hydroxylation sites is 2. The van der Waals surface area contributed by atoms with Gasteiger partial charge in [-0.2, -0.15) is 0 Å². The number of nitrogens with two attached hydrogens (primary N) is 1. The summed E-state index contributed by atoms with van der Waals surface area (Å²) in [5, 5.41) is 12.8. The third-order valence-corrected chi connectivity index (χ3v) is 15.6. The van der Waals surface area contributed by atoms with E-state index < -0.39 is 11.2 Å². The number of carbonyl (C=O) groups is 4. The van der Waals surface area contributed by atoms with E-state index in [-0.39, 0.29) is 24.0 Å². The van der Waals surface area contributed by atoms with E-state index in [0.29, 0.717) is 64.1 Å². The van der Waals surface area contributed by atoms with Crippen molar-refractivity contribution in [1.29, 1.82) is 0 Å². The maximum Gasteiger partial charge on any atom is 0.410 e. The lowest BCUT2D eigenvalue weighted by molar-refractivity contribution is -0.116. The van der Waals surface area contributed by atoms with Crippen LogP contribution in [0.4, 0.5) is 19.6 Å². The van der Waals surface area contributed by atoms with Gasteiger partial charge in [-0.1, -0.05) is 44.7 Å². The molecular weight excluding hydrogens is 961 g/mol. The molecule has 0 aliphatic carbocycles. The van der Waals surface area contributed by atoms with Crippen molar-refractivity contribution in [3.63, 3.8) is 0 Å². The topological polar surface area (TPSA) is 181 Å². The number of benzene rings is 2. The van der Waals surface area contributed by atoms with Gasteiger partial charge in [-0.15, -0.1) is 45.3 Å². The predicted octanol–water partition coefficient (Wildman–Crippen LogP) is 12.2. The van der Waals surface area contributed by atoms with Crippen LogP contribution in [0.2, 0.25) is 0 Å². The quantitative estimate of drug-likeness (QED) is 0.0912. The smallest absolute Gasteiger partial charge is 0.410 e. The highest BCUT2D eigenvalue weighted by Gasteiger charge is 2.33. The van der Waals surface area contributed by atoms with Gasteiger partial charge in [0.2, 0.25) is 11.8 Å². The molecule has 4 amide bonds. The largest absolute Gasteiger partial charge is 0.444 e. The number of hydrogen-bond donors (Lipinski definition) is 4. The van der Waals surface area contributed by atoms with E-state index in [2.05, 4.69) is 49.4 Å². The fourth-order valence-corrected chi connectivity index (χ4v) is 12.1. The Kier molecular flexibility index (Phi) is 18.4. The molecule has 0 bridgehead atoms. The van der Waals surface area contributed by atoms with Crippen molar-refractivity contribution in [2.24, 2.45) is 5.73 Å². The summed E-state index contributed by atoms with van der Waals surface area (Å²) in [7, 11) is 0. The van der Waals surface area contributed by atoms with E-state index >= 15 is 0 Å². The number of ether oxygens (including phenoxy) is 2. The van der Waals surface area contributed by atoms with Crippen LogP contribution in [0, 0.1) is 0 Å². The second-order valence-corrected chi connectivity index (χ2v) is 23.6. The second kappa shape index (κ2) is 23.8. The highest BCUT2D eigenvalue weighted by atomic mass is 32.1. The molecule has 376 valence electrons. The Morgan fingerprint density at radius 1 is 0.729 bits per heavy atom. The van der Waals surface area contributed by atoms with Crippen molar-refractivity contribution < 1.29 is 28.7 Å². The average Bonchev–Trinajstić information content (AvgIpc) is 4.09. The molecule has 2 aliphatic heterocycles. The van der Waals surface area contributed by atoms with Crippen LogP contribution in [0.1, 0.15) is 109 Å². The van der Waals surface area contributed by atoms with E-state index in [0.717, 1.165) is 79.7 Å². The van der Waals surface area contributed by atoms with Crippen LogP contribution in [-0.4, -0.2) is 86.7 Å². The molecule has 0 spiro atoms. The Balaban J connectivity index is 0.000000211. The molecule has 0 radical (unpaired) electrons. The van der Waals surface area contributed by atoms with Gasteiger partial charge in [0.1, 0.15) is 31.2 Å². The van der Waals surface area contributed by atoms with Crippen molar-refractivity contribution in [2.75, 3.05) is 30.3 Å². The first-order valence-electron chi connectivity index (χ1n) is 23.9. The summed E-state index contributed by atoms with van der Waals surface area (Å²) in [6.07, 6.45) is 4.51. The third kappa shape index (κ3) is 14.4. The zero-order valence-electron chi connectivity index (χ0n) is 42.1. The number of amides is 4. The van der Waals surface area contributed by atoms with Crippen LogP contribution in [0.3, 0.4) is 0 Å². The lowest BCUT2D eigenvalue weighted by Crippen LogP contribution is -2.39. The summed E-state index contributed by atoms with van der Waals surface area (Å²) < 4.78 is 13.3. The Labute approximate surface area is 428 Å². The maximum absolute atomic E-state index is 12.8. The molecule has 18 heteroatoms. The lowest BCUT2D eigenvalue weighted by atomic mass is 10.0. The molecule has 14 nitrogen and oxygen atoms in total. The van der Waals surface area contributed by atoms with Crippen LogP contribution in [0.15, 0.2) is 61.2 Å². The Hall–Kier alpha value is -5.24. The number of carbonyl (C=O) groups excluding carboxylic acids is 4. The van der Waals surface area contributed by atoms with Gasteiger partial charge in [0, 0.05) is 59.0 Å². The number of aromatic nitrogens is 2. The summed E-state index contributed by atoms with van der Waals surface area (Å²) in [4.78, 5) is 65.4. The fourth-order valence-electron chi connectivity index (χ4n) is 7.29. The summed E-state index contributed by atoms with van der Waals surface area (Å²) in [6, 6.07) is 16.8. The van der Waals surface area contributed by atoms with Crippen molar-refractivity contribution in [2.45, 2.75) is 138 Å². The van der Waals surface area contributed by atoms with Gasteiger partial charge < -0.3 is 41.0 Å². The first-order chi connectivity index (χ1) is 33.2. The Morgan fingerprint density at radius 3 is 1.57 bits per heavy atom. The van der Waals surface area contributed by atoms with Gasteiger partial charge in [0.25, 0.3) is 0 Å². The number of thiophene rings is 2. The Bertz CT molecular complexity index is 2730. The number of anilines is 2. The minimum Gasteiger partial charge on any atom is -0.444 e. The first-order valence-corrected chi connectivity index (χ1v) is 27.1. The summed E-state index contributed by atoms with van der Waals surface area (Å²) in [5.41, 5.74) is 10.4. The number of thiazole rings is 2. The van der Waals surface area contributed by atoms with E-state index in [4.69, 9.17) is 25.2 Å². The van der Waals surface area contributed by atoms with Gasteiger partial charge in [0.15, 0.2) is 0 Å². The normalized spacial score (nSPS) is 14.3. The molecule has 0 saturated heterocycles. The van der Waals surface area contributed by atoms with Gasteiger partial charge in [-0.25, -0.2) is 19.6 Å². The van der Waals surface area contributed by atoms with Crippen LogP contribution >= 0.6 is 45.3 Å². The van der Waals surface area contributed by atoms with Crippen LogP contribution < -0.4 is 21.7 Å². The average molecular weight is 1030 g/mol. The van der Waals surface area contributed by atoms with Gasteiger partial charge in [0.05, 0.1) is 33.5 Å². The minimum absolute atomic E-state index is 0.0224. The molecule has 2 aliphatic rings. The van der Waals surface area contributed by atoms with Gasteiger partial charge in [-0.05, 0) is 123 Å². The predicted molar refractivity (Wildman–Crippen MR) is 290 cm³/mol. The highest BCUT2D eigenvalue weighted by Crippen LogP contribution is 2.47. The summed E-state index contributed by atoms with van der Waals surface area (Å²) in [6.45, 7) is 25.8. The second-order valence-electron chi connectivity index (χ2n) is 19.3. The molecule has 0 saturated carbocycles. The van der Waals surface area contributed by atoms with E-state index in [1.807, 2.05) is 90.9 Å². The lowest BCUT2D eigenvalue weighted by Gasteiger charge is -2.30. The third-order valence-electron chi connectivity index (χ3n) is 11.2. The van der Waals surface area contributed by atoms with E-state index in [1.54, 1.807) is 43.8 Å². The molecule has 2 atom stereocenters. The molecule has 0 unspecified atom stereocenters. The van der Waals surface area contributed by atoms with Crippen molar-refractivity contribution in [1.82, 2.24) is 25.1 Å². The molecule has 70 heavy (non-hydrogen) atoms. The van der Waals surface area contributed by atoms with Crippen molar-refractivity contribution in [3.8, 4) is 21.1 Å². The molecule has 0 fully saturated rings. The van der Waals surface area contributed by atoms with Gasteiger partial charge in [-0.3, -0.25) is 9.59 Å².